The van der Waals surface area contributed by atoms with Crippen LogP contribution in [-0.4, -0.2) is 41.4 Å². The molecule has 1 aliphatic carbocycles. The summed E-state index contributed by atoms with van der Waals surface area (Å²) < 4.78 is 0. The van der Waals surface area contributed by atoms with Crippen molar-refractivity contribution in [1.82, 2.24) is 4.90 Å². The third kappa shape index (κ3) is 3.76. The molecule has 0 radical (unpaired) electrons. The molecule has 1 N–H and O–H groups in total. The van der Waals surface area contributed by atoms with Gasteiger partial charge in [0.25, 0.3) is 5.91 Å². The maximum Gasteiger partial charge on any atom is 0.254 e. The Balaban J connectivity index is 2.09. The van der Waals surface area contributed by atoms with E-state index in [1.807, 2.05) is 29.2 Å². The van der Waals surface area contributed by atoms with Crippen LogP contribution in [0.4, 0.5) is 0 Å². The second-order valence-electron chi connectivity index (χ2n) is 5.29. The van der Waals surface area contributed by atoms with Gasteiger partial charge >= 0.3 is 0 Å². The van der Waals surface area contributed by atoms with E-state index in [0.717, 1.165) is 24.2 Å². The molecule has 3 nitrogen and oxygen atoms in total. The molecule has 1 fully saturated rings. The fourth-order valence-corrected chi connectivity index (χ4v) is 3.38. The van der Waals surface area contributed by atoms with E-state index in [4.69, 9.17) is 0 Å². The fourth-order valence-electron chi connectivity index (χ4n) is 2.85. The third-order valence-corrected chi connectivity index (χ3v) is 4.50. The number of benzene rings is 1. The van der Waals surface area contributed by atoms with E-state index >= 15 is 0 Å². The third-order valence-electron chi connectivity index (χ3n) is 3.88. The zero-order valence-corrected chi connectivity index (χ0v) is 12.9. The molecule has 1 aromatic rings. The topological polar surface area (TPSA) is 40.5 Å². The van der Waals surface area contributed by atoms with Gasteiger partial charge in [0.1, 0.15) is 0 Å². The maximum absolute atomic E-state index is 12.6. The van der Waals surface area contributed by atoms with Crippen molar-refractivity contribution in [3.8, 4) is 0 Å². The van der Waals surface area contributed by atoms with Crippen molar-refractivity contribution in [2.45, 2.75) is 37.5 Å². The molecule has 0 atom stereocenters. The van der Waals surface area contributed by atoms with Gasteiger partial charge in [-0.2, -0.15) is 11.8 Å². The van der Waals surface area contributed by atoms with Crippen molar-refractivity contribution < 1.29 is 9.90 Å². The molecule has 1 aliphatic rings. The van der Waals surface area contributed by atoms with Gasteiger partial charge in [-0.25, -0.2) is 0 Å². The molecule has 110 valence electrons. The standard InChI is InChI=1S/C16H23NO2S/c1-20-12-13-6-8-14(9-7-13)16(19)17(10-11-18)15-4-2-3-5-15/h6-9,15,18H,2-5,10-12H2,1H3. The van der Waals surface area contributed by atoms with E-state index in [1.165, 1.54) is 18.4 Å². The predicted molar refractivity (Wildman–Crippen MR) is 84.0 cm³/mol. The fraction of sp³-hybridized carbons (Fsp3) is 0.562. The Morgan fingerprint density at radius 1 is 1.30 bits per heavy atom. The van der Waals surface area contributed by atoms with Crippen molar-refractivity contribution in [3.05, 3.63) is 35.4 Å². The van der Waals surface area contributed by atoms with E-state index in [2.05, 4.69) is 6.26 Å². The van der Waals surface area contributed by atoms with E-state index in [-0.39, 0.29) is 12.5 Å². The van der Waals surface area contributed by atoms with Gasteiger partial charge in [-0.3, -0.25) is 4.79 Å². The summed E-state index contributed by atoms with van der Waals surface area (Å²) in [5, 5.41) is 9.21. The lowest BCUT2D eigenvalue weighted by Gasteiger charge is -2.28. The molecule has 0 aliphatic heterocycles. The quantitative estimate of drug-likeness (QED) is 0.876. The van der Waals surface area contributed by atoms with Gasteiger partial charge in [0.15, 0.2) is 0 Å². The summed E-state index contributed by atoms with van der Waals surface area (Å²) in [5.41, 5.74) is 1.97. The van der Waals surface area contributed by atoms with Gasteiger partial charge in [-0.15, -0.1) is 0 Å². The molecule has 2 rings (SSSR count). The van der Waals surface area contributed by atoms with Gasteiger partial charge in [-0.05, 0) is 36.8 Å². The first-order chi connectivity index (χ1) is 9.76. The number of carbonyl (C=O) groups is 1. The molecule has 1 aromatic carbocycles. The molecule has 20 heavy (non-hydrogen) atoms. The first-order valence-corrected chi connectivity index (χ1v) is 8.65. The van der Waals surface area contributed by atoms with Gasteiger partial charge in [-0.1, -0.05) is 25.0 Å². The van der Waals surface area contributed by atoms with Crippen LogP contribution < -0.4 is 0 Å². The van der Waals surface area contributed by atoms with E-state index < -0.39 is 0 Å². The van der Waals surface area contributed by atoms with Gasteiger partial charge < -0.3 is 10.0 Å². The largest absolute Gasteiger partial charge is 0.395 e. The molecular formula is C16H23NO2S. The molecule has 1 amide bonds. The number of nitrogens with zero attached hydrogens (tertiary/aromatic N) is 1. The van der Waals surface area contributed by atoms with Crippen LogP contribution in [0.15, 0.2) is 24.3 Å². The van der Waals surface area contributed by atoms with Crippen LogP contribution in [-0.2, 0) is 5.75 Å². The highest BCUT2D eigenvalue weighted by molar-refractivity contribution is 7.97. The Morgan fingerprint density at radius 2 is 1.95 bits per heavy atom. The maximum atomic E-state index is 12.6. The first kappa shape index (κ1) is 15.4. The van der Waals surface area contributed by atoms with Crippen molar-refractivity contribution in [3.63, 3.8) is 0 Å². The Morgan fingerprint density at radius 3 is 2.50 bits per heavy atom. The molecule has 0 saturated heterocycles. The Labute approximate surface area is 125 Å². The Kier molecular flexibility index (Phi) is 5.92. The lowest BCUT2D eigenvalue weighted by Crippen LogP contribution is -2.40. The lowest BCUT2D eigenvalue weighted by atomic mass is 10.1. The Hall–Kier alpha value is -1.00. The van der Waals surface area contributed by atoms with E-state index in [9.17, 15) is 9.90 Å². The van der Waals surface area contributed by atoms with Crippen LogP contribution in [0.2, 0.25) is 0 Å². The first-order valence-electron chi connectivity index (χ1n) is 7.26. The molecule has 0 heterocycles. The minimum Gasteiger partial charge on any atom is -0.395 e. The van der Waals surface area contributed by atoms with E-state index in [0.29, 0.717) is 12.6 Å². The Bertz CT molecular complexity index is 427. The molecule has 4 heteroatoms. The molecule has 1 saturated carbocycles. The van der Waals surface area contributed by atoms with Crippen molar-refractivity contribution in [2.24, 2.45) is 0 Å². The molecule has 0 bridgehead atoms. The predicted octanol–water partition coefficient (Wildman–Crippen LogP) is 2.93. The second-order valence-corrected chi connectivity index (χ2v) is 6.16. The number of carbonyl (C=O) groups excluding carboxylic acids is 1. The average molecular weight is 293 g/mol. The normalized spacial score (nSPS) is 15.5. The number of aliphatic hydroxyl groups excluding tert-OH is 1. The number of thioether (sulfide) groups is 1. The zero-order chi connectivity index (χ0) is 14.4. The lowest BCUT2D eigenvalue weighted by molar-refractivity contribution is 0.0638. The summed E-state index contributed by atoms with van der Waals surface area (Å²) in [6, 6.07) is 8.17. The number of rotatable bonds is 6. The summed E-state index contributed by atoms with van der Waals surface area (Å²) in [4.78, 5) is 14.5. The summed E-state index contributed by atoms with van der Waals surface area (Å²) in [7, 11) is 0. The van der Waals surface area contributed by atoms with Crippen LogP contribution in [0.1, 0.15) is 41.6 Å². The average Bonchev–Trinajstić information content (AvgIpc) is 2.99. The van der Waals surface area contributed by atoms with Crippen molar-refractivity contribution in [2.75, 3.05) is 19.4 Å². The minimum absolute atomic E-state index is 0.0345. The molecule has 0 aromatic heterocycles. The highest BCUT2D eigenvalue weighted by Gasteiger charge is 2.26. The van der Waals surface area contributed by atoms with Crippen LogP contribution in [0.3, 0.4) is 0 Å². The number of hydrogen-bond acceptors (Lipinski definition) is 3. The van der Waals surface area contributed by atoms with Crippen molar-refractivity contribution >= 4 is 17.7 Å². The number of aliphatic hydroxyl groups is 1. The van der Waals surface area contributed by atoms with Gasteiger partial charge in [0.2, 0.25) is 0 Å². The molecule has 0 spiro atoms. The summed E-state index contributed by atoms with van der Waals surface area (Å²) in [5.74, 6) is 1.03. The van der Waals surface area contributed by atoms with Crippen LogP contribution in [0, 0.1) is 0 Å². The smallest absolute Gasteiger partial charge is 0.254 e. The van der Waals surface area contributed by atoms with E-state index in [1.54, 1.807) is 11.8 Å². The number of amides is 1. The zero-order valence-electron chi connectivity index (χ0n) is 12.0. The van der Waals surface area contributed by atoms with Gasteiger partial charge in [0.05, 0.1) is 6.61 Å². The molecular weight excluding hydrogens is 270 g/mol. The summed E-state index contributed by atoms with van der Waals surface area (Å²) in [6.45, 7) is 0.475. The van der Waals surface area contributed by atoms with Crippen LogP contribution in [0.25, 0.3) is 0 Å². The number of hydrogen-bond donors (Lipinski definition) is 1. The van der Waals surface area contributed by atoms with Crippen LogP contribution >= 0.6 is 11.8 Å². The summed E-state index contributed by atoms with van der Waals surface area (Å²) >= 11 is 1.78. The monoisotopic (exact) mass is 293 g/mol. The highest BCUT2D eigenvalue weighted by Crippen LogP contribution is 2.25. The second kappa shape index (κ2) is 7.70. The summed E-state index contributed by atoms with van der Waals surface area (Å²) in [6.07, 6.45) is 6.58. The SMILES string of the molecule is CSCc1ccc(C(=O)N(CCO)C2CCCC2)cc1. The minimum atomic E-state index is 0.0345. The van der Waals surface area contributed by atoms with Gasteiger partial charge in [0, 0.05) is 23.9 Å². The van der Waals surface area contributed by atoms with Crippen LogP contribution in [0.5, 0.6) is 0 Å². The highest BCUT2D eigenvalue weighted by atomic mass is 32.2. The molecule has 0 unspecified atom stereocenters. The van der Waals surface area contributed by atoms with Crippen molar-refractivity contribution in [1.29, 1.82) is 0 Å².